The van der Waals surface area contributed by atoms with Crippen LogP contribution in [0.25, 0.3) is 67.4 Å². The van der Waals surface area contributed by atoms with Gasteiger partial charge < -0.3 is 0 Å². The molecule has 0 fully saturated rings. The van der Waals surface area contributed by atoms with Gasteiger partial charge in [-0.05, 0) is 57.1 Å². The molecule has 214 valence electrons. The predicted octanol–water partition coefficient (Wildman–Crippen LogP) is 10.5. The summed E-state index contributed by atoms with van der Waals surface area (Å²) < 4.78 is 0. The highest BCUT2D eigenvalue weighted by molar-refractivity contribution is 5.87. The van der Waals surface area contributed by atoms with Crippen LogP contribution in [0.3, 0.4) is 0 Å². The molecule has 45 heavy (non-hydrogen) atoms. The number of benzene rings is 5. The van der Waals surface area contributed by atoms with E-state index in [1.807, 2.05) is 36.5 Å². The fourth-order valence-corrected chi connectivity index (χ4v) is 6.63. The third kappa shape index (κ3) is 4.74. The summed E-state index contributed by atoms with van der Waals surface area (Å²) in [5.41, 5.74) is 14.3. The molecule has 0 saturated carbocycles. The minimum atomic E-state index is -0.0414. The van der Waals surface area contributed by atoms with Crippen LogP contribution in [-0.2, 0) is 5.41 Å². The summed E-state index contributed by atoms with van der Waals surface area (Å²) in [4.78, 5) is 15.1. The molecule has 0 saturated heterocycles. The van der Waals surface area contributed by atoms with E-state index >= 15 is 0 Å². The smallest absolute Gasteiger partial charge is 0.179 e. The van der Waals surface area contributed by atoms with Crippen molar-refractivity contribution in [2.45, 2.75) is 19.3 Å². The second-order valence-electron chi connectivity index (χ2n) is 12.1. The lowest BCUT2D eigenvalue weighted by Gasteiger charge is -2.21. The number of hydrogen-bond donors (Lipinski definition) is 0. The number of fused-ring (bicyclic) bond motifs is 3. The van der Waals surface area contributed by atoms with Gasteiger partial charge in [0.05, 0.1) is 11.4 Å². The van der Waals surface area contributed by atoms with Gasteiger partial charge in [0.2, 0.25) is 0 Å². The third-order valence-electron chi connectivity index (χ3n) is 9.00. The fraction of sp³-hybridized carbons (Fsp3) is 0.0714. The fourth-order valence-electron chi connectivity index (χ4n) is 6.63. The van der Waals surface area contributed by atoms with E-state index in [-0.39, 0.29) is 5.41 Å². The predicted molar refractivity (Wildman–Crippen MR) is 185 cm³/mol. The molecule has 2 heterocycles. The highest BCUT2D eigenvalue weighted by Gasteiger charge is 2.35. The first-order chi connectivity index (χ1) is 22.1. The summed E-state index contributed by atoms with van der Waals surface area (Å²) in [6, 6.07) is 51.1. The van der Waals surface area contributed by atoms with Crippen LogP contribution in [0.4, 0.5) is 0 Å². The van der Waals surface area contributed by atoms with Crippen LogP contribution in [0.2, 0.25) is 0 Å². The highest BCUT2D eigenvalue weighted by atomic mass is 14.9. The number of rotatable bonds is 5. The van der Waals surface area contributed by atoms with Gasteiger partial charge in [0.1, 0.15) is 5.69 Å². The molecule has 0 bridgehead atoms. The van der Waals surface area contributed by atoms with E-state index in [1.54, 1.807) is 0 Å². The van der Waals surface area contributed by atoms with Crippen LogP contribution < -0.4 is 0 Å². The van der Waals surface area contributed by atoms with E-state index in [4.69, 9.17) is 15.0 Å². The molecule has 7 aromatic rings. The molecule has 0 atom stereocenters. The summed E-state index contributed by atoms with van der Waals surface area (Å²) >= 11 is 0. The Hall–Kier alpha value is -5.67. The molecular formula is C42H31N3. The van der Waals surface area contributed by atoms with Crippen molar-refractivity contribution in [3.05, 3.63) is 163 Å². The monoisotopic (exact) mass is 577 g/mol. The van der Waals surface area contributed by atoms with E-state index in [1.165, 1.54) is 33.4 Å². The van der Waals surface area contributed by atoms with Crippen LogP contribution in [0.15, 0.2) is 152 Å². The Kier molecular flexibility index (Phi) is 6.46. The van der Waals surface area contributed by atoms with Crippen LogP contribution >= 0.6 is 0 Å². The molecule has 0 radical (unpaired) electrons. The van der Waals surface area contributed by atoms with Crippen molar-refractivity contribution < 1.29 is 0 Å². The van der Waals surface area contributed by atoms with Gasteiger partial charge in [-0.3, -0.25) is 4.98 Å². The van der Waals surface area contributed by atoms with Gasteiger partial charge in [0.25, 0.3) is 0 Å². The largest absolute Gasteiger partial charge is 0.252 e. The van der Waals surface area contributed by atoms with Crippen molar-refractivity contribution in [1.82, 2.24) is 15.0 Å². The zero-order valence-electron chi connectivity index (χ0n) is 25.3. The lowest BCUT2D eigenvalue weighted by atomic mass is 9.82. The Labute approximate surface area is 264 Å². The average molecular weight is 578 g/mol. The normalized spacial score (nSPS) is 12.8. The minimum absolute atomic E-state index is 0.0414. The van der Waals surface area contributed by atoms with Crippen molar-refractivity contribution in [1.29, 1.82) is 0 Å². The standard InChI is InChI=1S/C42H31N3/c1-42(2)36-18-10-9-16-34(36)35-26-32(23-24-37(35)42)33-17-11-25-43-40(33)41-44-38(30-14-7-4-8-15-30)27-39(45-41)31-21-19-29(20-22-31)28-12-5-3-6-13-28/h3-27H,1-2H3. The Balaban J connectivity index is 1.27. The van der Waals surface area contributed by atoms with Crippen molar-refractivity contribution >= 4 is 0 Å². The van der Waals surface area contributed by atoms with Crippen molar-refractivity contribution in [2.24, 2.45) is 0 Å². The molecule has 8 rings (SSSR count). The van der Waals surface area contributed by atoms with Gasteiger partial charge in [-0.15, -0.1) is 0 Å². The molecule has 0 amide bonds. The van der Waals surface area contributed by atoms with E-state index in [0.29, 0.717) is 5.82 Å². The van der Waals surface area contributed by atoms with Crippen molar-refractivity contribution in [2.75, 3.05) is 0 Å². The minimum Gasteiger partial charge on any atom is -0.252 e. The molecule has 3 heteroatoms. The number of pyridine rings is 1. The molecule has 0 N–H and O–H groups in total. The quantitative estimate of drug-likeness (QED) is 0.204. The molecule has 5 aromatic carbocycles. The van der Waals surface area contributed by atoms with Gasteiger partial charge in [0, 0.05) is 28.3 Å². The van der Waals surface area contributed by atoms with Gasteiger partial charge in [-0.2, -0.15) is 0 Å². The van der Waals surface area contributed by atoms with E-state index in [2.05, 4.69) is 129 Å². The lowest BCUT2D eigenvalue weighted by molar-refractivity contribution is 0.660. The van der Waals surface area contributed by atoms with Crippen molar-refractivity contribution in [3.8, 4) is 67.4 Å². The van der Waals surface area contributed by atoms with Crippen LogP contribution in [-0.4, -0.2) is 15.0 Å². The maximum atomic E-state index is 5.15. The summed E-state index contributed by atoms with van der Waals surface area (Å²) in [6.45, 7) is 4.62. The zero-order chi connectivity index (χ0) is 30.4. The summed E-state index contributed by atoms with van der Waals surface area (Å²) in [5.74, 6) is 0.607. The van der Waals surface area contributed by atoms with Crippen LogP contribution in [0, 0.1) is 0 Å². The highest BCUT2D eigenvalue weighted by Crippen LogP contribution is 2.49. The van der Waals surface area contributed by atoms with E-state index in [0.717, 1.165) is 39.3 Å². The number of nitrogens with zero attached hydrogens (tertiary/aromatic N) is 3. The van der Waals surface area contributed by atoms with Gasteiger partial charge in [0.15, 0.2) is 5.82 Å². The SMILES string of the molecule is CC1(C)c2ccccc2-c2cc(-c3cccnc3-c3nc(-c4ccccc4)cc(-c4ccc(-c5ccccc5)cc4)n3)ccc21. The molecule has 2 aromatic heterocycles. The van der Waals surface area contributed by atoms with E-state index < -0.39 is 0 Å². The van der Waals surface area contributed by atoms with E-state index in [9.17, 15) is 0 Å². The van der Waals surface area contributed by atoms with Gasteiger partial charge in [-0.25, -0.2) is 9.97 Å². The number of hydrogen-bond acceptors (Lipinski definition) is 3. The number of aromatic nitrogens is 3. The first kappa shape index (κ1) is 26.9. The Bertz CT molecular complexity index is 2170. The first-order valence-electron chi connectivity index (χ1n) is 15.4. The molecule has 0 spiro atoms. The maximum Gasteiger partial charge on any atom is 0.179 e. The van der Waals surface area contributed by atoms with Crippen molar-refractivity contribution in [3.63, 3.8) is 0 Å². The molecule has 1 aliphatic rings. The molecule has 0 aliphatic heterocycles. The average Bonchev–Trinajstić information content (AvgIpc) is 3.34. The molecule has 1 aliphatic carbocycles. The van der Waals surface area contributed by atoms with Gasteiger partial charge in [-0.1, -0.05) is 141 Å². The summed E-state index contributed by atoms with van der Waals surface area (Å²) in [6.07, 6.45) is 1.83. The second-order valence-corrected chi connectivity index (χ2v) is 12.1. The second kappa shape index (κ2) is 10.8. The Morgan fingerprint density at radius 3 is 1.69 bits per heavy atom. The topological polar surface area (TPSA) is 38.7 Å². The Morgan fingerprint density at radius 2 is 0.956 bits per heavy atom. The first-order valence-corrected chi connectivity index (χ1v) is 15.4. The summed E-state index contributed by atoms with van der Waals surface area (Å²) in [5, 5.41) is 0. The lowest BCUT2D eigenvalue weighted by Crippen LogP contribution is -2.14. The Morgan fingerprint density at radius 1 is 0.422 bits per heavy atom. The molecule has 3 nitrogen and oxygen atoms in total. The van der Waals surface area contributed by atoms with Crippen LogP contribution in [0.1, 0.15) is 25.0 Å². The van der Waals surface area contributed by atoms with Crippen LogP contribution in [0.5, 0.6) is 0 Å². The zero-order valence-corrected chi connectivity index (χ0v) is 25.3. The molecule has 0 unspecified atom stereocenters. The maximum absolute atomic E-state index is 5.15. The van der Waals surface area contributed by atoms with Gasteiger partial charge >= 0.3 is 0 Å². The molecular weight excluding hydrogens is 546 g/mol. The summed E-state index contributed by atoms with van der Waals surface area (Å²) in [7, 11) is 0. The third-order valence-corrected chi connectivity index (χ3v) is 9.00.